The highest BCUT2D eigenvalue weighted by molar-refractivity contribution is 6.99. The normalized spacial score (nSPS) is 19.6. The van der Waals surface area contributed by atoms with E-state index in [9.17, 15) is 4.79 Å². The molecule has 0 amide bonds. The quantitative estimate of drug-likeness (QED) is 0.217. The third-order valence-electron chi connectivity index (χ3n) is 7.20. The molecule has 3 aromatic rings. The lowest BCUT2D eigenvalue weighted by atomic mass is 10.0. The van der Waals surface area contributed by atoms with E-state index < -0.39 is 6.04 Å². The summed E-state index contributed by atoms with van der Waals surface area (Å²) in [6.45, 7) is 6.42. The van der Waals surface area contributed by atoms with E-state index in [4.69, 9.17) is 9.47 Å². The molecule has 0 spiro atoms. The predicted molar refractivity (Wildman–Crippen MR) is 142 cm³/mol. The number of carbonyl (C=O) groups is 1. The lowest BCUT2D eigenvalue weighted by Crippen LogP contribution is -2.67. The van der Waals surface area contributed by atoms with Crippen LogP contribution < -0.4 is 10.5 Å². The summed E-state index contributed by atoms with van der Waals surface area (Å²) in [7, 11) is 2.13. The SMILES string of the molecule is CCCCCCOc1nsnc1C1=CCC[N+](C)(C(C)OC(=O)[C@@H]([NH3+])Cc2c[nH]c3ccccc23)C1. The van der Waals surface area contributed by atoms with Crippen LogP contribution in [0.15, 0.2) is 36.5 Å². The van der Waals surface area contributed by atoms with Crippen molar-refractivity contribution in [3.8, 4) is 5.88 Å². The summed E-state index contributed by atoms with van der Waals surface area (Å²) in [5, 5.41) is 1.12. The highest BCUT2D eigenvalue weighted by atomic mass is 32.1. The van der Waals surface area contributed by atoms with E-state index in [2.05, 4.69) is 45.6 Å². The van der Waals surface area contributed by atoms with E-state index in [0.29, 0.717) is 29.9 Å². The van der Waals surface area contributed by atoms with Crippen LogP contribution >= 0.6 is 11.7 Å². The molecule has 0 radical (unpaired) electrons. The Morgan fingerprint density at radius 3 is 2.92 bits per heavy atom. The van der Waals surface area contributed by atoms with Crippen LogP contribution in [0.25, 0.3) is 16.5 Å². The van der Waals surface area contributed by atoms with Gasteiger partial charge in [-0.05, 0) is 18.1 Å². The molecule has 194 valence electrons. The smallest absolute Gasteiger partial charge is 0.369 e. The molecule has 36 heavy (non-hydrogen) atoms. The van der Waals surface area contributed by atoms with Gasteiger partial charge in [-0.15, -0.1) is 4.37 Å². The Labute approximate surface area is 217 Å². The third-order valence-corrected chi connectivity index (χ3v) is 7.71. The molecule has 3 heterocycles. The molecule has 1 aliphatic rings. The Morgan fingerprint density at radius 2 is 2.08 bits per heavy atom. The van der Waals surface area contributed by atoms with Crippen molar-refractivity contribution in [1.29, 1.82) is 0 Å². The molecular formula is C27H39N5O3S+2. The fourth-order valence-electron chi connectivity index (χ4n) is 4.76. The van der Waals surface area contributed by atoms with Crippen LogP contribution in [-0.4, -0.2) is 63.2 Å². The van der Waals surface area contributed by atoms with Crippen molar-refractivity contribution in [3.05, 3.63) is 47.8 Å². The molecule has 4 rings (SSSR count). The van der Waals surface area contributed by atoms with Crippen molar-refractivity contribution in [2.75, 3.05) is 26.7 Å². The van der Waals surface area contributed by atoms with Gasteiger partial charge < -0.3 is 20.2 Å². The average molecular weight is 514 g/mol. The maximum atomic E-state index is 13.0. The van der Waals surface area contributed by atoms with Crippen molar-refractivity contribution in [3.63, 3.8) is 0 Å². The number of aromatic nitrogens is 3. The number of nitrogens with zero attached hydrogens (tertiary/aromatic N) is 3. The van der Waals surface area contributed by atoms with Crippen LogP contribution in [0.2, 0.25) is 0 Å². The number of H-pyrrole nitrogens is 1. The first-order valence-corrected chi connectivity index (χ1v) is 13.7. The van der Waals surface area contributed by atoms with E-state index in [0.717, 1.165) is 53.5 Å². The topological polar surface area (TPSA) is 105 Å². The summed E-state index contributed by atoms with van der Waals surface area (Å²) in [6, 6.07) is 7.62. The second-order valence-corrected chi connectivity index (χ2v) is 10.5. The summed E-state index contributed by atoms with van der Waals surface area (Å²) in [5.74, 6) is 0.354. The van der Waals surface area contributed by atoms with Gasteiger partial charge in [0, 0.05) is 42.4 Å². The Hall–Kier alpha value is -2.75. The largest absolute Gasteiger partial charge is 0.475 e. The molecule has 4 N–H and O–H groups in total. The monoisotopic (exact) mass is 513 g/mol. The lowest BCUT2D eigenvalue weighted by Gasteiger charge is -2.41. The van der Waals surface area contributed by atoms with Crippen LogP contribution in [-0.2, 0) is 16.0 Å². The van der Waals surface area contributed by atoms with E-state index in [-0.39, 0.29) is 12.2 Å². The van der Waals surface area contributed by atoms with Crippen molar-refractivity contribution in [2.24, 2.45) is 0 Å². The first-order valence-electron chi connectivity index (χ1n) is 13.0. The minimum Gasteiger partial charge on any atom is -0.475 e. The summed E-state index contributed by atoms with van der Waals surface area (Å²) in [5.41, 5.74) is 8.19. The molecule has 2 aromatic heterocycles. The number of hydrogen-bond acceptors (Lipinski definition) is 6. The van der Waals surface area contributed by atoms with E-state index in [1.807, 2.05) is 31.3 Å². The van der Waals surface area contributed by atoms with Crippen LogP contribution in [0.1, 0.15) is 57.2 Å². The standard InChI is InChI=1S/C27H38N5O3S/c1-4-5-6-9-15-34-26-25(30-36-31-26)20-11-10-14-32(3,18-20)19(2)35-27(33)23(28)16-21-17-29-24-13-8-7-12-22(21)24/h7-8,11-13,17,19,23,29H,4-6,9-10,14-16,18,28H2,1-3H3/q+1/p+1/t19?,23-,32?/m0/s1. The number of aromatic amines is 1. The predicted octanol–water partition coefficient (Wildman–Crippen LogP) is 3.95. The van der Waals surface area contributed by atoms with Crippen LogP contribution in [0.5, 0.6) is 5.88 Å². The number of ether oxygens (including phenoxy) is 2. The maximum absolute atomic E-state index is 13.0. The number of quaternary nitrogens is 2. The molecule has 0 aliphatic carbocycles. The second-order valence-electron chi connectivity index (χ2n) is 10.0. The number of fused-ring (bicyclic) bond motifs is 1. The van der Waals surface area contributed by atoms with Crippen molar-refractivity contribution >= 4 is 34.2 Å². The van der Waals surface area contributed by atoms with Crippen molar-refractivity contribution < 1.29 is 24.5 Å². The van der Waals surface area contributed by atoms with Gasteiger partial charge in [0.1, 0.15) is 12.2 Å². The summed E-state index contributed by atoms with van der Waals surface area (Å²) in [4.78, 5) is 16.3. The summed E-state index contributed by atoms with van der Waals surface area (Å²) in [6.07, 6.45) is 9.90. The molecule has 0 saturated carbocycles. The lowest BCUT2D eigenvalue weighted by molar-refractivity contribution is -0.944. The molecule has 0 saturated heterocycles. The van der Waals surface area contributed by atoms with Crippen molar-refractivity contribution in [1.82, 2.24) is 13.7 Å². The zero-order valence-corrected chi connectivity index (χ0v) is 22.5. The number of benzene rings is 1. The van der Waals surface area contributed by atoms with Gasteiger partial charge in [0.15, 0.2) is 6.04 Å². The minimum absolute atomic E-state index is 0.269. The highest BCUT2D eigenvalue weighted by Gasteiger charge is 2.38. The van der Waals surface area contributed by atoms with Crippen LogP contribution in [0, 0.1) is 0 Å². The van der Waals surface area contributed by atoms with Gasteiger partial charge in [-0.1, -0.05) is 50.5 Å². The fraction of sp³-hybridized carbons (Fsp3) is 0.519. The van der Waals surface area contributed by atoms with Crippen LogP contribution in [0.4, 0.5) is 0 Å². The summed E-state index contributed by atoms with van der Waals surface area (Å²) < 4.78 is 21.5. The first-order chi connectivity index (χ1) is 17.4. The number of rotatable bonds is 12. The Morgan fingerprint density at radius 1 is 1.25 bits per heavy atom. The van der Waals surface area contributed by atoms with E-state index >= 15 is 0 Å². The Balaban J connectivity index is 1.35. The number of nitrogens with one attached hydrogen (secondary N) is 1. The van der Waals surface area contributed by atoms with Crippen LogP contribution in [0.3, 0.4) is 0 Å². The zero-order chi connectivity index (χ0) is 25.5. The third kappa shape index (κ3) is 6.14. The highest BCUT2D eigenvalue weighted by Crippen LogP contribution is 2.31. The second kappa shape index (κ2) is 12.0. The van der Waals surface area contributed by atoms with E-state index in [1.54, 1.807) is 0 Å². The number of esters is 1. The minimum atomic E-state index is -0.478. The molecule has 8 nitrogen and oxygen atoms in total. The molecule has 1 aromatic carbocycles. The van der Waals surface area contributed by atoms with Gasteiger partial charge in [-0.25, -0.2) is 4.79 Å². The number of para-hydroxylation sites is 1. The molecule has 0 bridgehead atoms. The fourth-order valence-corrected chi connectivity index (χ4v) is 5.29. The summed E-state index contributed by atoms with van der Waals surface area (Å²) >= 11 is 1.18. The van der Waals surface area contributed by atoms with Gasteiger partial charge in [-0.2, -0.15) is 4.37 Å². The average Bonchev–Trinajstić information content (AvgIpc) is 3.51. The van der Waals surface area contributed by atoms with Gasteiger partial charge in [0.2, 0.25) is 6.23 Å². The molecule has 0 fully saturated rings. The molecule has 3 atom stereocenters. The van der Waals surface area contributed by atoms with Gasteiger partial charge >= 0.3 is 5.97 Å². The van der Waals surface area contributed by atoms with Crippen molar-refractivity contribution in [2.45, 2.75) is 64.6 Å². The first kappa shape index (κ1) is 26.3. The Kier molecular flexibility index (Phi) is 8.77. The van der Waals surface area contributed by atoms with Gasteiger partial charge in [-0.3, -0.25) is 4.48 Å². The maximum Gasteiger partial charge on any atom is 0.369 e. The molecular weight excluding hydrogens is 474 g/mol. The number of hydrogen-bond donors (Lipinski definition) is 2. The number of likely N-dealkylation sites (N-methyl/N-ethyl adjacent to an activating group) is 1. The Bertz CT molecular complexity index is 1190. The molecule has 9 heteroatoms. The number of unbranched alkanes of at least 4 members (excludes halogenated alkanes) is 3. The zero-order valence-electron chi connectivity index (χ0n) is 21.7. The molecule has 2 unspecified atom stereocenters. The molecule has 1 aliphatic heterocycles. The number of carbonyl (C=O) groups excluding carboxylic acids is 1. The van der Waals surface area contributed by atoms with Gasteiger partial charge in [0.05, 0.1) is 31.9 Å². The van der Waals surface area contributed by atoms with E-state index in [1.165, 1.54) is 24.6 Å². The van der Waals surface area contributed by atoms with Gasteiger partial charge in [0.25, 0.3) is 5.88 Å².